The lowest BCUT2D eigenvalue weighted by atomic mass is 9.85. The number of hydrogen-bond acceptors (Lipinski definition) is 3. The van der Waals surface area contributed by atoms with Crippen LogP contribution in [0.2, 0.25) is 5.02 Å². The highest BCUT2D eigenvalue weighted by Gasteiger charge is 2.44. The number of Topliss-reactive ketones (excluding diaryl/α,β-unsaturated/α-hetero) is 1. The molecule has 0 saturated heterocycles. The highest BCUT2D eigenvalue weighted by molar-refractivity contribution is 6.30. The Bertz CT molecular complexity index is 1290. The Morgan fingerprint density at radius 3 is 2.26 bits per heavy atom. The Morgan fingerprint density at radius 1 is 1.00 bits per heavy atom. The number of hydrogen-bond donors (Lipinski definition) is 1. The van der Waals surface area contributed by atoms with Gasteiger partial charge in [0, 0.05) is 17.1 Å². The number of anilines is 1. The number of aryl methyl sites for hydroxylation is 2. The van der Waals surface area contributed by atoms with Gasteiger partial charge in [0.05, 0.1) is 11.6 Å². The maximum absolute atomic E-state index is 13.5. The molecule has 0 aliphatic carbocycles. The van der Waals surface area contributed by atoms with Gasteiger partial charge in [-0.15, -0.1) is 0 Å². The molecule has 0 fully saturated rings. The molecule has 1 amide bonds. The number of rotatable bonds is 6. The molecule has 0 aromatic heterocycles. The van der Waals surface area contributed by atoms with Gasteiger partial charge in [-0.05, 0) is 59.2 Å². The normalized spacial score (nSPS) is 16.2. The first-order valence-corrected chi connectivity index (χ1v) is 12.2. The summed E-state index contributed by atoms with van der Waals surface area (Å²) < 4.78 is 0. The lowest BCUT2D eigenvalue weighted by Gasteiger charge is -2.29. The van der Waals surface area contributed by atoms with Gasteiger partial charge in [0.2, 0.25) is 0 Å². The Balaban J connectivity index is 1.77. The van der Waals surface area contributed by atoms with Crippen molar-refractivity contribution in [1.29, 1.82) is 0 Å². The summed E-state index contributed by atoms with van der Waals surface area (Å²) in [6.45, 7) is 8.26. The van der Waals surface area contributed by atoms with Crippen LogP contribution >= 0.6 is 11.6 Å². The number of aliphatic hydroxyl groups excluding tert-OH is 1. The van der Waals surface area contributed by atoms with Crippen molar-refractivity contribution >= 4 is 29.0 Å². The van der Waals surface area contributed by atoms with E-state index in [0.717, 1.165) is 22.3 Å². The molecular weight excluding hydrogens is 458 g/mol. The average molecular weight is 488 g/mol. The topological polar surface area (TPSA) is 57.6 Å². The zero-order valence-corrected chi connectivity index (χ0v) is 21.3. The van der Waals surface area contributed by atoms with Crippen molar-refractivity contribution in [2.45, 2.75) is 52.0 Å². The van der Waals surface area contributed by atoms with Crippen molar-refractivity contribution in [2.24, 2.45) is 0 Å². The quantitative estimate of drug-likeness (QED) is 0.405. The second kappa shape index (κ2) is 9.71. The van der Waals surface area contributed by atoms with Gasteiger partial charge >= 0.3 is 0 Å². The first-order chi connectivity index (χ1) is 16.6. The third-order valence-corrected chi connectivity index (χ3v) is 6.74. The molecule has 5 heteroatoms. The predicted octanol–water partition coefficient (Wildman–Crippen LogP) is 7.05. The molecule has 1 aliphatic heterocycles. The highest BCUT2D eigenvalue weighted by atomic mass is 35.5. The zero-order chi connectivity index (χ0) is 25.3. The van der Waals surface area contributed by atoms with Gasteiger partial charge in [0.25, 0.3) is 5.91 Å². The van der Waals surface area contributed by atoms with E-state index in [1.54, 1.807) is 18.2 Å². The minimum absolute atomic E-state index is 0.0389. The van der Waals surface area contributed by atoms with E-state index in [0.29, 0.717) is 17.1 Å². The molecule has 3 aromatic carbocycles. The third kappa shape index (κ3) is 5.03. The number of benzene rings is 3. The van der Waals surface area contributed by atoms with Crippen molar-refractivity contribution in [2.75, 3.05) is 4.90 Å². The molecular formula is C30H30ClNO3. The summed E-state index contributed by atoms with van der Waals surface area (Å²) in [4.78, 5) is 28.4. The number of carbonyl (C=O) groups excluding carboxylic acids is 2. The van der Waals surface area contributed by atoms with Gasteiger partial charge in [-0.1, -0.05) is 87.0 Å². The number of nitrogens with zero attached hydrogens (tertiary/aromatic N) is 1. The molecule has 35 heavy (non-hydrogen) atoms. The van der Waals surface area contributed by atoms with Gasteiger partial charge in [-0.2, -0.15) is 0 Å². The first-order valence-electron chi connectivity index (χ1n) is 11.8. The molecule has 0 spiro atoms. The second-order valence-electron chi connectivity index (χ2n) is 10.1. The first kappa shape index (κ1) is 24.7. The Hall–Kier alpha value is -3.37. The average Bonchev–Trinajstić information content (AvgIpc) is 3.08. The summed E-state index contributed by atoms with van der Waals surface area (Å²) in [5.41, 5.74) is 4.45. The Kier molecular flexibility index (Phi) is 6.86. The fraction of sp³-hybridized carbons (Fsp3) is 0.267. The number of aliphatic hydroxyl groups is 1. The number of amides is 1. The fourth-order valence-corrected chi connectivity index (χ4v) is 4.77. The van der Waals surface area contributed by atoms with Crippen LogP contribution in [0.25, 0.3) is 0 Å². The van der Waals surface area contributed by atoms with Crippen LogP contribution in [0, 0.1) is 6.92 Å². The van der Waals surface area contributed by atoms with Crippen LogP contribution in [-0.4, -0.2) is 16.8 Å². The van der Waals surface area contributed by atoms with Crippen molar-refractivity contribution in [3.05, 3.63) is 111 Å². The van der Waals surface area contributed by atoms with E-state index in [9.17, 15) is 14.7 Å². The van der Waals surface area contributed by atoms with Crippen LogP contribution in [0.15, 0.2) is 84.1 Å². The summed E-state index contributed by atoms with van der Waals surface area (Å²) in [7, 11) is 0. The second-order valence-corrected chi connectivity index (χ2v) is 10.5. The van der Waals surface area contributed by atoms with Crippen LogP contribution in [0.5, 0.6) is 0 Å². The Labute approximate surface area is 211 Å². The maximum Gasteiger partial charge on any atom is 0.294 e. The summed E-state index contributed by atoms with van der Waals surface area (Å²) in [5, 5.41) is 11.5. The van der Waals surface area contributed by atoms with E-state index in [1.165, 1.54) is 4.90 Å². The SMILES string of the molecule is Cc1cc(Cl)ccc1N1C(=O)C(O)=C(C(=O)CCc2ccccc2)C1c1ccc(C(C)(C)C)cc1. The molecule has 1 unspecified atom stereocenters. The summed E-state index contributed by atoms with van der Waals surface area (Å²) >= 11 is 6.16. The lowest BCUT2D eigenvalue weighted by molar-refractivity contribution is -0.118. The van der Waals surface area contributed by atoms with Crippen molar-refractivity contribution in [3.63, 3.8) is 0 Å². The van der Waals surface area contributed by atoms with E-state index in [2.05, 4.69) is 20.8 Å². The summed E-state index contributed by atoms with van der Waals surface area (Å²) in [6, 6.07) is 22.2. The largest absolute Gasteiger partial charge is 0.503 e. The van der Waals surface area contributed by atoms with E-state index in [-0.39, 0.29) is 23.2 Å². The molecule has 1 aliphatic rings. The molecule has 1 N–H and O–H groups in total. The molecule has 4 rings (SSSR count). The molecule has 0 bridgehead atoms. The third-order valence-electron chi connectivity index (χ3n) is 6.50. The van der Waals surface area contributed by atoms with Gasteiger partial charge in [0.1, 0.15) is 0 Å². The standard InChI is InChI=1S/C30H30ClNO3/c1-19-18-23(31)15-16-24(19)32-27(21-11-13-22(14-12-21)30(2,3)4)26(28(34)29(32)35)25(33)17-10-20-8-6-5-7-9-20/h5-9,11-16,18,27,34H,10,17H2,1-4H3. The number of carbonyl (C=O) groups is 2. The number of ketones is 1. The molecule has 3 aromatic rings. The van der Waals surface area contributed by atoms with E-state index >= 15 is 0 Å². The van der Waals surface area contributed by atoms with Crippen LogP contribution in [0.4, 0.5) is 5.69 Å². The summed E-state index contributed by atoms with van der Waals surface area (Å²) in [6.07, 6.45) is 0.723. The highest BCUT2D eigenvalue weighted by Crippen LogP contribution is 2.43. The van der Waals surface area contributed by atoms with Gasteiger partial charge in [-0.25, -0.2) is 0 Å². The minimum atomic E-state index is -0.723. The van der Waals surface area contributed by atoms with Crippen LogP contribution in [0.1, 0.15) is 55.5 Å². The van der Waals surface area contributed by atoms with Crippen LogP contribution < -0.4 is 4.90 Å². The van der Waals surface area contributed by atoms with Crippen molar-refractivity contribution in [1.82, 2.24) is 0 Å². The monoisotopic (exact) mass is 487 g/mol. The van der Waals surface area contributed by atoms with Crippen molar-refractivity contribution < 1.29 is 14.7 Å². The fourth-order valence-electron chi connectivity index (χ4n) is 4.55. The van der Waals surface area contributed by atoms with Gasteiger partial charge in [-0.3, -0.25) is 14.5 Å². The molecule has 0 radical (unpaired) electrons. The van der Waals surface area contributed by atoms with Gasteiger partial charge < -0.3 is 5.11 Å². The van der Waals surface area contributed by atoms with Crippen molar-refractivity contribution in [3.8, 4) is 0 Å². The van der Waals surface area contributed by atoms with Crippen LogP contribution in [-0.2, 0) is 21.4 Å². The smallest absolute Gasteiger partial charge is 0.294 e. The molecule has 180 valence electrons. The molecule has 0 saturated carbocycles. The van der Waals surface area contributed by atoms with E-state index in [4.69, 9.17) is 11.6 Å². The zero-order valence-electron chi connectivity index (χ0n) is 20.5. The van der Waals surface area contributed by atoms with Gasteiger partial charge in [0.15, 0.2) is 11.5 Å². The molecule has 1 heterocycles. The lowest BCUT2D eigenvalue weighted by Crippen LogP contribution is -2.31. The maximum atomic E-state index is 13.5. The van der Waals surface area contributed by atoms with E-state index < -0.39 is 17.7 Å². The van der Waals surface area contributed by atoms with Crippen LogP contribution in [0.3, 0.4) is 0 Å². The minimum Gasteiger partial charge on any atom is -0.503 e. The molecule has 1 atom stereocenters. The predicted molar refractivity (Wildman–Crippen MR) is 141 cm³/mol. The Morgan fingerprint density at radius 2 is 1.66 bits per heavy atom. The number of halogens is 1. The summed E-state index contributed by atoms with van der Waals surface area (Å²) in [5.74, 6) is -1.30. The molecule has 4 nitrogen and oxygen atoms in total. The van der Waals surface area contributed by atoms with E-state index in [1.807, 2.05) is 61.5 Å².